The summed E-state index contributed by atoms with van der Waals surface area (Å²) in [5.74, 6) is 1.09. The molecule has 1 fully saturated rings. The second-order valence-electron chi connectivity index (χ2n) is 5.06. The van der Waals surface area contributed by atoms with Gasteiger partial charge in [-0.05, 0) is 26.3 Å². The van der Waals surface area contributed by atoms with Crippen LogP contribution in [0.25, 0.3) is 0 Å². The smallest absolute Gasteiger partial charge is 0.180 e. The third-order valence-corrected chi connectivity index (χ3v) is 4.57. The molecule has 3 heterocycles. The number of nitrogens with two attached hydrogens (primary N) is 1. The molecule has 1 atom stereocenters. The average molecular weight is 277 g/mol. The van der Waals surface area contributed by atoms with E-state index >= 15 is 0 Å². The molecular formula is C13H19N5S. The van der Waals surface area contributed by atoms with Gasteiger partial charge in [0.15, 0.2) is 5.13 Å². The van der Waals surface area contributed by atoms with Gasteiger partial charge in [0.25, 0.3) is 0 Å². The van der Waals surface area contributed by atoms with Gasteiger partial charge in [0.05, 0.1) is 0 Å². The Morgan fingerprint density at radius 1 is 1.47 bits per heavy atom. The molecule has 3 rings (SSSR count). The number of nitrogens with zero attached hydrogens (tertiary/aromatic N) is 4. The zero-order chi connectivity index (χ0) is 13.2. The molecule has 2 aromatic heterocycles. The number of hydrogen-bond acceptors (Lipinski definition) is 5. The summed E-state index contributed by atoms with van der Waals surface area (Å²) in [6.07, 6.45) is 8.37. The van der Waals surface area contributed by atoms with Crippen LogP contribution >= 0.6 is 11.3 Å². The normalized spacial score (nSPS) is 20.2. The van der Waals surface area contributed by atoms with Crippen molar-refractivity contribution < 1.29 is 0 Å². The molecule has 0 bridgehead atoms. The van der Waals surface area contributed by atoms with E-state index in [1.54, 1.807) is 11.3 Å². The summed E-state index contributed by atoms with van der Waals surface area (Å²) in [6, 6.07) is 0.594. The molecule has 5 nitrogen and oxygen atoms in total. The molecule has 1 unspecified atom stereocenters. The third-order valence-electron chi connectivity index (χ3n) is 3.76. The minimum absolute atomic E-state index is 0.594. The lowest BCUT2D eigenvalue weighted by atomic mass is 10.2. The lowest BCUT2D eigenvalue weighted by Crippen LogP contribution is -2.32. The number of aryl methyl sites for hydroxylation is 1. The van der Waals surface area contributed by atoms with Crippen LogP contribution in [0, 0.1) is 6.92 Å². The van der Waals surface area contributed by atoms with Gasteiger partial charge >= 0.3 is 0 Å². The largest absolute Gasteiger partial charge is 0.375 e. The molecule has 0 radical (unpaired) electrons. The predicted octanol–water partition coefficient (Wildman–Crippen LogP) is 1.89. The second-order valence-corrected chi connectivity index (χ2v) is 6.20. The monoisotopic (exact) mass is 277 g/mol. The quantitative estimate of drug-likeness (QED) is 0.927. The Hall–Kier alpha value is -1.40. The molecule has 1 aliphatic heterocycles. The highest BCUT2D eigenvalue weighted by atomic mass is 32.1. The van der Waals surface area contributed by atoms with Crippen molar-refractivity contribution in [2.75, 3.05) is 12.3 Å². The van der Waals surface area contributed by atoms with Gasteiger partial charge in [0.1, 0.15) is 5.82 Å². The van der Waals surface area contributed by atoms with Crippen molar-refractivity contribution in [1.82, 2.24) is 19.4 Å². The average Bonchev–Trinajstić information content (AvgIpc) is 3.07. The maximum Gasteiger partial charge on any atom is 0.180 e. The van der Waals surface area contributed by atoms with Gasteiger partial charge in [0, 0.05) is 42.6 Å². The summed E-state index contributed by atoms with van der Waals surface area (Å²) in [7, 11) is 0. The van der Waals surface area contributed by atoms with Crippen LogP contribution in [0.5, 0.6) is 0 Å². The molecule has 2 aromatic rings. The van der Waals surface area contributed by atoms with E-state index in [1.165, 1.54) is 17.7 Å². The summed E-state index contributed by atoms with van der Waals surface area (Å²) < 4.78 is 2.24. The van der Waals surface area contributed by atoms with E-state index in [2.05, 4.69) is 32.6 Å². The number of thiazole rings is 1. The first kappa shape index (κ1) is 12.6. The fourth-order valence-electron chi connectivity index (χ4n) is 2.73. The predicted molar refractivity (Wildman–Crippen MR) is 76.9 cm³/mol. The molecule has 6 heteroatoms. The Balaban J connectivity index is 1.66. The number of aromatic nitrogens is 3. The molecule has 0 aromatic carbocycles. The molecule has 1 saturated heterocycles. The summed E-state index contributed by atoms with van der Waals surface area (Å²) in [5, 5.41) is 0.663. The van der Waals surface area contributed by atoms with Gasteiger partial charge in [0.2, 0.25) is 0 Å². The highest BCUT2D eigenvalue weighted by molar-refractivity contribution is 7.15. The SMILES string of the molecule is Cc1nccn1CC1CCCN1Cc1cnc(N)s1. The van der Waals surface area contributed by atoms with Crippen LogP contribution in [0.4, 0.5) is 5.13 Å². The van der Waals surface area contributed by atoms with Crippen LogP contribution in [0.15, 0.2) is 18.6 Å². The minimum atomic E-state index is 0.594. The van der Waals surface area contributed by atoms with E-state index in [1.807, 2.05) is 12.4 Å². The maximum absolute atomic E-state index is 5.69. The summed E-state index contributed by atoms with van der Waals surface area (Å²) in [5.41, 5.74) is 5.69. The fraction of sp³-hybridized carbons (Fsp3) is 0.538. The number of nitrogen functional groups attached to an aromatic ring is 1. The first-order valence-corrected chi connectivity index (χ1v) is 7.46. The molecule has 0 amide bonds. The summed E-state index contributed by atoms with van der Waals surface area (Å²) in [4.78, 5) is 12.2. The number of likely N-dealkylation sites (tertiary alicyclic amines) is 1. The van der Waals surface area contributed by atoms with E-state index in [4.69, 9.17) is 5.73 Å². The number of hydrogen-bond donors (Lipinski definition) is 1. The zero-order valence-electron chi connectivity index (χ0n) is 11.1. The second kappa shape index (κ2) is 5.30. The van der Waals surface area contributed by atoms with Gasteiger partial charge in [-0.15, -0.1) is 11.3 Å². The van der Waals surface area contributed by atoms with Crippen LogP contribution in [-0.4, -0.2) is 32.0 Å². The van der Waals surface area contributed by atoms with Gasteiger partial charge in [-0.1, -0.05) is 0 Å². The Morgan fingerprint density at radius 2 is 2.37 bits per heavy atom. The van der Waals surface area contributed by atoms with E-state index in [0.717, 1.165) is 25.5 Å². The summed E-state index contributed by atoms with van der Waals surface area (Å²) in [6.45, 7) is 5.22. The molecule has 1 aliphatic rings. The molecular weight excluding hydrogens is 258 g/mol. The van der Waals surface area contributed by atoms with E-state index < -0.39 is 0 Å². The van der Waals surface area contributed by atoms with Gasteiger partial charge in [-0.3, -0.25) is 4.90 Å². The molecule has 2 N–H and O–H groups in total. The van der Waals surface area contributed by atoms with Crippen LogP contribution in [0.1, 0.15) is 23.5 Å². The molecule has 19 heavy (non-hydrogen) atoms. The Kier molecular flexibility index (Phi) is 3.52. The van der Waals surface area contributed by atoms with Crippen molar-refractivity contribution in [2.24, 2.45) is 0 Å². The minimum Gasteiger partial charge on any atom is -0.375 e. The topological polar surface area (TPSA) is 60.0 Å². The van der Waals surface area contributed by atoms with Crippen molar-refractivity contribution in [3.8, 4) is 0 Å². The lowest BCUT2D eigenvalue weighted by Gasteiger charge is -2.24. The fourth-order valence-corrected chi connectivity index (χ4v) is 3.44. The maximum atomic E-state index is 5.69. The van der Waals surface area contributed by atoms with Crippen molar-refractivity contribution in [1.29, 1.82) is 0 Å². The highest BCUT2D eigenvalue weighted by Crippen LogP contribution is 2.24. The van der Waals surface area contributed by atoms with Crippen molar-refractivity contribution in [3.05, 3.63) is 29.3 Å². The first-order valence-electron chi connectivity index (χ1n) is 6.64. The van der Waals surface area contributed by atoms with Gasteiger partial charge < -0.3 is 10.3 Å². The van der Waals surface area contributed by atoms with Crippen molar-refractivity contribution in [3.63, 3.8) is 0 Å². The number of anilines is 1. The zero-order valence-corrected chi connectivity index (χ0v) is 11.9. The lowest BCUT2D eigenvalue weighted by molar-refractivity contribution is 0.225. The Bertz CT molecular complexity index is 547. The Labute approximate surface area is 117 Å². The molecule has 0 saturated carbocycles. The Morgan fingerprint density at radius 3 is 3.05 bits per heavy atom. The van der Waals surface area contributed by atoms with Crippen LogP contribution in [0.3, 0.4) is 0 Å². The number of rotatable bonds is 4. The van der Waals surface area contributed by atoms with Gasteiger partial charge in [-0.2, -0.15) is 0 Å². The third kappa shape index (κ3) is 2.79. The standard InChI is InChI=1S/C13H19N5S/c1-10-15-4-6-17(10)8-11-3-2-5-18(11)9-12-7-16-13(14)19-12/h4,6-7,11H,2-3,5,8-9H2,1H3,(H2,14,16). The number of imidazole rings is 1. The van der Waals surface area contributed by atoms with Crippen LogP contribution < -0.4 is 5.73 Å². The molecule has 102 valence electrons. The van der Waals surface area contributed by atoms with E-state index in [-0.39, 0.29) is 0 Å². The molecule has 0 aliphatic carbocycles. The van der Waals surface area contributed by atoms with Gasteiger partial charge in [-0.25, -0.2) is 9.97 Å². The van der Waals surface area contributed by atoms with E-state index in [9.17, 15) is 0 Å². The molecule has 0 spiro atoms. The van der Waals surface area contributed by atoms with Crippen molar-refractivity contribution >= 4 is 16.5 Å². The van der Waals surface area contributed by atoms with Crippen LogP contribution in [-0.2, 0) is 13.1 Å². The summed E-state index contributed by atoms with van der Waals surface area (Å²) >= 11 is 1.59. The van der Waals surface area contributed by atoms with Crippen molar-refractivity contribution in [2.45, 2.75) is 38.9 Å². The van der Waals surface area contributed by atoms with E-state index in [0.29, 0.717) is 11.2 Å². The van der Waals surface area contributed by atoms with Crippen LogP contribution in [0.2, 0.25) is 0 Å². The highest BCUT2D eigenvalue weighted by Gasteiger charge is 2.25. The first-order chi connectivity index (χ1) is 9.22.